The number of nitrogens with zero attached hydrogens (tertiary/aromatic N) is 3. The molecule has 2 heterocycles. The first-order chi connectivity index (χ1) is 12.9. The Kier molecular flexibility index (Phi) is 6.29. The highest BCUT2D eigenvalue weighted by atomic mass is 16.5. The molecule has 27 heavy (non-hydrogen) atoms. The van der Waals surface area contributed by atoms with Crippen LogP contribution < -0.4 is 5.32 Å². The van der Waals surface area contributed by atoms with Gasteiger partial charge in [0.1, 0.15) is 5.76 Å². The zero-order chi connectivity index (χ0) is 19.3. The number of anilines is 1. The molecule has 1 amide bonds. The van der Waals surface area contributed by atoms with Gasteiger partial charge in [-0.1, -0.05) is 56.3 Å². The van der Waals surface area contributed by atoms with Crippen LogP contribution in [0.1, 0.15) is 38.5 Å². The predicted octanol–water partition coefficient (Wildman–Crippen LogP) is 3.12. The largest absolute Gasteiger partial charge is 0.359 e. The molecule has 0 atom stereocenters. The molecule has 1 aliphatic heterocycles. The van der Waals surface area contributed by atoms with Gasteiger partial charge in [-0.05, 0) is 5.56 Å². The molecule has 6 nitrogen and oxygen atoms in total. The molecule has 0 unspecified atom stereocenters. The van der Waals surface area contributed by atoms with E-state index in [-0.39, 0.29) is 11.3 Å². The molecule has 6 heteroatoms. The van der Waals surface area contributed by atoms with Crippen LogP contribution in [0.25, 0.3) is 0 Å². The Morgan fingerprint density at radius 3 is 2.41 bits per heavy atom. The number of hydrogen-bond acceptors (Lipinski definition) is 5. The van der Waals surface area contributed by atoms with Gasteiger partial charge in [-0.3, -0.25) is 9.69 Å². The molecular formula is C21H30N4O2. The lowest BCUT2D eigenvalue weighted by molar-refractivity contribution is -0.116. The number of hydrogen-bond donors (Lipinski definition) is 1. The average molecular weight is 370 g/mol. The van der Waals surface area contributed by atoms with Gasteiger partial charge in [-0.15, -0.1) is 0 Å². The molecule has 0 saturated carbocycles. The molecule has 0 bridgehead atoms. The zero-order valence-electron chi connectivity index (χ0n) is 16.6. The van der Waals surface area contributed by atoms with Crippen molar-refractivity contribution >= 4 is 11.7 Å². The maximum absolute atomic E-state index is 12.2. The highest BCUT2D eigenvalue weighted by molar-refractivity contribution is 5.89. The predicted molar refractivity (Wildman–Crippen MR) is 107 cm³/mol. The summed E-state index contributed by atoms with van der Waals surface area (Å²) in [6, 6.07) is 12.4. The van der Waals surface area contributed by atoms with Crippen LogP contribution in [0.5, 0.6) is 0 Å². The van der Waals surface area contributed by atoms with E-state index in [1.165, 1.54) is 5.56 Å². The first-order valence-corrected chi connectivity index (χ1v) is 9.66. The van der Waals surface area contributed by atoms with Gasteiger partial charge in [0.15, 0.2) is 5.82 Å². The van der Waals surface area contributed by atoms with Crippen molar-refractivity contribution in [2.24, 2.45) is 0 Å². The standard InChI is InChI=1S/C21H30N4O2/c1-21(2,3)18-15-19(23-27-18)22-20(26)9-10-24-11-13-25(14-12-24)16-17-7-5-4-6-8-17/h4-8,15H,9-14,16H2,1-3H3,(H,22,23,26). The Morgan fingerprint density at radius 2 is 1.78 bits per heavy atom. The topological polar surface area (TPSA) is 61.6 Å². The Morgan fingerprint density at radius 1 is 1.11 bits per heavy atom. The number of carbonyl (C=O) groups is 1. The molecule has 1 aromatic carbocycles. The number of benzene rings is 1. The second-order valence-corrected chi connectivity index (χ2v) is 8.23. The van der Waals surface area contributed by atoms with Crippen LogP contribution in [0.3, 0.4) is 0 Å². The Hall–Kier alpha value is -2.18. The monoisotopic (exact) mass is 370 g/mol. The van der Waals surface area contributed by atoms with Crippen molar-refractivity contribution < 1.29 is 9.32 Å². The van der Waals surface area contributed by atoms with Crippen LogP contribution in [0, 0.1) is 0 Å². The second kappa shape index (κ2) is 8.67. The van der Waals surface area contributed by atoms with Crippen molar-refractivity contribution in [3.8, 4) is 0 Å². The number of aromatic nitrogens is 1. The minimum absolute atomic E-state index is 0.0181. The van der Waals surface area contributed by atoms with Crippen molar-refractivity contribution in [3.05, 3.63) is 47.7 Å². The zero-order valence-corrected chi connectivity index (χ0v) is 16.6. The van der Waals surface area contributed by atoms with Crippen LogP contribution >= 0.6 is 0 Å². The summed E-state index contributed by atoms with van der Waals surface area (Å²) in [7, 11) is 0. The van der Waals surface area contributed by atoms with E-state index < -0.39 is 0 Å². The van der Waals surface area contributed by atoms with Crippen molar-refractivity contribution in [2.45, 2.75) is 39.2 Å². The van der Waals surface area contributed by atoms with Crippen molar-refractivity contribution in [1.29, 1.82) is 0 Å². The molecule has 2 aromatic rings. The van der Waals surface area contributed by atoms with E-state index >= 15 is 0 Å². The molecule has 1 aromatic heterocycles. The molecule has 0 aliphatic carbocycles. The van der Waals surface area contributed by atoms with Crippen molar-refractivity contribution in [2.75, 3.05) is 38.0 Å². The smallest absolute Gasteiger partial charge is 0.226 e. The molecule has 1 aliphatic rings. The molecule has 3 rings (SSSR count). The van der Waals surface area contributed by atoms with Gasteiger partial charge in [0.25, 0.3) is 0 Å². The molecule has 146 valence electrons. The number of piperazine rings is 1. The lowest BCUT2D eigenvalue weighted by atomic mass is 9.93. The van der Waals surface area contributed by atoms with Crippen LogP contribution in [-0.2, 0) is 16.8 Å². The lowest BCUT2D eigenvalue weighted by Gasteiger charge is -2.34. The maximum atomic E-state index is 12.2. The Labute approximate surface area is 161 Å². The highest BCUT2D eigenvalue weighted by Crippen LogP contribution is 2.24. The van der Waals surface area contributed by atoms with Gasteiger partial charge in [0, 0.05) is 57.2 Å². The van der Waals surface area contributed by atoms with Gasteiger partial charge in [0.05, 0.1) is 0 Å². The van der Waals surface area contributed by atoms with Gasteiger partial charge >= 0.3 is 0 Å². The maximum Gasteiger partial charge on any atom is 0.226 e. The Bertz CT molecular complexity index is 728. The summed E-state index contributed by atoms with van der Waals surface area (Å²) >= 11 is 0. The normalized spacial score (nSPS) is 16.4. The highest BCUT2D eigenvalue weighted by Gasteiger charge is 2.21. The number of carbonyl (C=O) groups excluding carboxylic acids is 1. The average Bonchev–Trinajstić information content (AvgIpc) is 3.11. The molecular weight excluding hydrogens is 340 g/mol. The van der Waals surface area contributed by atoms with Crippen molar-refractivity contribution in [3.63, 3.8) is 0 Å². The van der Waals surface area contributed by atoms with Gasteiger partial charge in [-0.2, -0.15) is 0 Å². The summed E-state index contributed by atoms with van der Waals surface area (Å²) in [4.78, 5) is 17.0. The van der Waals surface area contributed by atoms with E-state index in [1.54, 1.807) is 6.07 Å². The minimum Gasteiger partial charge on any atom is -0.359 e. The molecule has 0 spiro atoms. The third-order valence-corrected chi connectivity index (χ3v) is 4.89. The third kappa shape index (κ3) is 5.91. The number of nitrogens with one attached hydrogen (secondary N) is 1. The quantitative estimate of drug-likeness (QED) is 0.846. The van der Waals surface area contributed by atoms with Crippen LogP contribution in [0.2, 0.25) is 0 Å². The summed E-state index contributed by atoms with van der Waals surface area (Å²) in [6.07, 6.45) is 0.469. The number of rotatable bonds is 6. The van der Waals surface area contributed by atoms with Gasteiger partial charge < -0.3 is 14.7 Å². The van der Waals surface area contributed by atoms with E-state index in [2.05, 4.69) is 71.4 Å². The summed E-state index contributed by atoms with van der Waals surface area (Å²) in [5.74, 6) is 1.25. The fourth-order valence-electron chi connectivity index (χ4n) is 3.17. The molecule has 1 saturated heterocycles. The summed E-state index contributed by atoms with van der Waals surface area (Å²) in [5, 5.41) is 6.77. The van der Waals surface area contributed by atoms with E-state index in [0.717, 1.165) is 45.0 Å². The minimum atomic E-state index is -0.116. The number of amides is 1. The van der Waals surface area contributed by atoms with Crippen LogP contribution in [0.4, 0.5) is 5.82 Å². The first kappa shape index (κ1) is 19.6. The fourth-order valence-corrected chi connectivity index (χ4v) is 3.17. The summed E-state index contributed by atoms with van der Waals surface area (Å²) in [5.41, 5.74) is 1.24. The fraction of sp³-hybridized carbons (Fsp3) is 0.524. The van der Waals surface area contributed by atoms with Gasteiger partial charge in [-0.25, -0.2) is 0 Å². The summed E-state index contributed by atoms with van der Waals surface area (Å²) in [6.45, 7) is 12.0. The SMILES string of the molecule is CC(C)(C)c1cc(NC(=O)CCN2CCN(Cc3ccccc3)CC2)no1. The molecule has 1 N–H and O–H groups in total. The summed E-state index contributed by atoms with van der Waals surface area (Å²) < 4.78 is 5.30. The van der Waals surface area contributed by atoms with Crippen LogP contribution in [0.15, 0.2) is 40.9 Å². The second-order valence-electron chi connectivity index (χ2n) is 8.23. The molecule has 0 radical (unpaired) electrons. The van der Waals surface area contributed by atoms with E-state index in [4.69, 9.17) is 4.52 Å². The van der Waals surface area contributed by atoms with E-state index in [9.17, 15) is 4.79 Å². The van der Waals surface area contributed by atoms with Gasteiger partial charge in [0.2, 0.25) is 5.91 Å². The van der Waals surface area contributed by atoms with Crippen LogP contribution in [-0.4, -0.2) is 53.6 Å². The third-order valence-electron chi connectivity index (χ3n) is 4.89. The first-order valence-electron chi connectivity index (χ1n) is 9.66. The molecule has 1 fully saturated rings. The Balaban J connectivity index is 1.37. The van der Waals surface area contributed by atoms with Crippen molar-refractivity contribution in [1.82, 2.24) is 15.0 Å². The van der Waals surface area contributed by atoms with E-state index in [1.807, 2.05) is 0 Å². The van der Waals surface area contributed by atoms with E-state index in [0.29, 0.717) is 12.2 Å². The lowest BCUT2D eigenvalue weighted by Crippen LogP contribution is -2.46.